The normalized spacial score (nSPS) is 15.4. The molecule has 0 bridgehead atoms. The summed E-state index contributed by atoms with van der Waals surface area (Å²) in [5.41, 5.74) is 2.58. The average Bonchev–Trinajstić information content (AvgIpc) is 3.25. The number of benzene rings is 2. The third-order valence-corrected chi connectivity index (χ3v) is 5.64. The minimum Gasteiger partial charge on any atom is -0.310 e. The van der Waals surface area contributed by atoms with Crippen LogP contribution in [0.4, 0.5) is 11.5 Å². The molecule has 136 valence electrons. The van der Waals surface area contributed by atoms with Gasteiger partial charge in [-0.25, -0.2) is 4.68 Å². The summed E-state index contributed by atoms with van der Waals surface area (Å²) in [4.78, 5) is 24.3. The Balaban J connectivity index is 1.55. The van der Waals surface area contributed by atoms with Crippen LogP contribution in [0, 0.1) is 17.0 Å². The number of nitro benzene ring substituents is 1. The van der Waals surface area contributed by atoms with Crippen molar-refractivity contribution in [2.45, 2.75) is 23.5 Å². The number of non-ortho nitro benzene ring substituents is 1. The maximum atomic E-state index is 12.8. The van der Waals surface area contributed by atoms with Crippen molar-refractivity contribution in [3.8, 4) is 5.69 Å². The van der Waals surface area contributed by atoms with Crippen LogP contribution in [-0.4, -0.2) is 25.9 Å². The first-order valence-electron chi connectivity index (χ1n) is 8.38. The van der Waals surface area contributed by atoms with E-state index in [0.717, 1.165) is 10.6 Å². The second-order valence-electron chi connectivity index (χ2n) is 6.26. The van der Waals surface area contributed by atoms with Crippen LogP contribution in [0.25, 0.3) is 5.69 Å². The van der Waals surface area contributed by atoms with Crippen molar-refractivity contribution >= 4 is 29.2 Å². The number of hydrogen-bond acceptors (Lipinski definition) is 5. The van der Waals surface area contributed by atoms with Crippen molar-refractivity contribution in [1.82, 2.24) is 9.78 Å². The van der Waals surface area contributed by atoms with Crippen LogP contribution in [-0.2, 0) is 11.2 Å². The summed E-state index contributed by atoms with van der Waals surface area (Å²) in [5.74, 6) is 0.460. The van der Waals surface area contributed by atoms with E-state index in [2.05, 4.69) is 10.4 Å². The van der Waals surface area contributed by atoms with E-state index < -0.39 is 4.92 Å². The van der Waals surface area contributed by atoms with E-state index in [4.69, 9.17) is 0 Å². The van der Waals surface area contributed by atoms with Crippen molar-refractivity contribution in [1.29, 1.82) is 0 Å². The van der Waals surface area contributed by atoms with Gasteiger partial charge in [-0.2, -0.15) is 5.10 Å². The Kier molecular flexibility index (Phi) is 4.41. The number of aryl methyl sites for hydroxylation is 1. The summed E-state index contributed by atoms with van der Waals surface area (Å²) in [6, 6.07) is 15.9. The summed E-state index contributed by atoms with van der Waals surface area (Å²) >= 11 is 1.56. The molecule has 0 saturated heterocycles. The maximum absolute atomic E-state index is 12.8. The molecular weight excluding hydrogens is 364 g/mol. The molecule has 8 heteroatoms. The van der Waals surface area contributed by atoms with Gasteiger partial charge in [-0.1, -0.05) is 18.2 Å². The van der Waals surface area contributed by atoms with E-state index in [0.29, 0.717) is 17.9 Å². The molecule has 1 unspecified atom stereocenters. The van der Waals surface area contributed by atoms with Gasteiger partial charge in [0.05, 0.1) is 21.6 Å². The highest BCUT2D eigenvalue weighted by Gasteiger charge is 2.28. The minimum atomic E-state index is -0.449. The van der Waals surface area contributed by atoms with Gasteiger partial charge < -0.3 is 5.32 Å². The van der Waals surface area contributed by atoms with Gasteiger partial charge in [0.15, 0.2) is 0 Å². The van der Waals surface area contributed by atoms with Crippen molar-refractivity contribution in [3.05, 3.63) is 76.0 Å². The standard InChI is InChI=1S/C19H16N4O3S/c1-12-10-18(22(21-12)14-6-8-15(9-7-14)23(25)26)20-19(24)17-11-13-4-2-3-5-16(13)27-17/h2-10,17H,11H2,1H3,(H,20,24). The van der Waals surface area contributed by atoms with Gasteiger partial charge >= 0.3 is 0 Å². The summed E-state index contributed by atoms with van der Waals surface area (Å²) in [6.45, 7) is 1.83. The van der Waals surface area contributed by atoms with Gasteiger partial charge in [0.2, 0.25) is 5.91 Å². The van der Waals surface area contributed by atoms with Crippen LogP contribution in [0.1, 0.15) is 11.3 Å². The Morgan fingerprint density at radius 1 is 1.26 bits per heavy atom. The molecule has 3 aromatic rings. The molecule has 0 fully saturated rings. The zero-order valence-electron chi connectivity index (χ0n) is 14.5. The predicted octanol–water partition coefficient (Wildman–Crippen LogP) is 3.74. The largest absolute Gasteiger partial charge is 0.310 e. The molecule has 0 spiro atoms. The van der Waals surface area contributed by atoms with E-state index in [-0.39, 0.29) is 16.8 Å². The summed E-state index contributed by atoms with van der Waals surface area (Å²) < 4.78 is 1.59. The Morgan fingerprint density at radius 2 is 2.00 bits per heavy atom. The van der Waals surface area contributed by atoms with Crippen LogP contribution < -0.4 is 5.32 Å². The van der Waals surface area contributed by atoms with Crippen LogP contribution in [0.3, 0.4) is 0 Å². The Hall–Kier alpha value is -3.13. The first-order valence-corrected chi connectivity index (χ1v) is 9.26. The highest BCUT2D eigenvalue weighted by Crippen LogP contribution is 2.37. The molecule has 4 rings (SSSR count). The first kappa shape index (κ1) is 17.3. The number of amides is 1. The number of thioether (sulfide) groups is 1. The second-order valence-corrected chi connectivity index (χ2v) is 7.51. The van der Waals surface area contributed by atoms with E-state index in [9.17, 15) is 14.9 Å². The Labute approximate surface area is 159 Å². The number of fused-ring (bicyclic) bond motifs is 1. The fraction of sp³-hybridized carbons (Fsp3) is 0.158. The number of carbonyl (C=O) groups excluding carboxylic acids is 1. The molecule has 1 aromatic heterocycles. The topological polar surface area (TPSA) is 90.1 Å². The number of aromatic nitrogens is 2. The highest BCUT2D eigenvalue weighted by atomic mass is 32.2. The fourth-order valence-corrected chi connectivity index (χ4v) is 4.23. The zero-order chi connectivity index (χ0) is 19.0. The number of carbonyl (C=O) groups is 1. The number of rotatable bonds is 4. The molecule has 0 aliphatic carbocycles. The number of nitro groups is 1. The summed E-state index contributed by atoms with van der Waals surface area (Å²) in [6.07, 6.45) is 0.692. The van der Waals surface area contributed by atoms with Gasteiger partial charge in [0, 0.05) is 23.1 Å². The van der Waals surface area contributed by atoms with Gasteiger partial charge in [0.25, 0.3) is 5.69 Å². The van der Waals surface area contributed by atoms with Crippen molar-refractivity contribution in [2.75, 3.05) is 5.32 Å². The number of anilines is 1. The third kappa shape index (κ3) is 3.43. The number of hydrogen-bond donors (Lipinski definition) is 1. The second kappa shape index (κ2) is 6.88. The zero-order valence-corrected chi connectivity index (χ0v) is 15.3. The molecule has 0 radical (unpaired) electrons. The van der Waals surface area contributed by atoms with Crippen LogP contribution in [0.5, 0.6) is 0 Å². The quantitative estimate of drug-likeness (QED) is 0.550. The molecule has 0 saturated carbocycles. The molecule has 2 heterocycles. The van der Waals surface area contributed by atoms with Crippen molar-refractivity contribution in [3.63, 3.8) is 0 Å². The van der Waals surface area contributed by atoms with Crippen LogP contribution >= 0.6 is 11.8 Å². The Bertz CT molecular complexity index is 1000. The lowest BCUT2D eigenvalue weighted by Gasteiger charge is -2.12. The first-order chi connectivity index (χ1) is 13.0. The Morgan fingerprint density at radius 3 is 2.70 bits per heavy atom. The molecule has 1 aliphatic heterocycles. The average molecular weight is 380 g/mol. The van der Waals surface area contributed by atoms with E-state index >= 15 is 0 Å². The molecule has 1 amide bonds. The smallest absolute Gasteiger partial charge is 0.269 e. The molecule has 2 aromatic carbocycles. The van der Waals surface area contributed by atoms with E-state index in [1.807, 2.05) is 31.2 Å². The molecule has 1 atom stereocenters. The lowest BCUT2D eigenvalue weighted by molar-refractivity contribution is -0.384. The predicted molar refractivity (Wildman–Crippen MR) is 103 cm³/mol. The SMILES string of the molecule is Cc1cc(NC(=O)C2Cc3ccccc3S2)n(-c2ccc([N+](=O)[O-])cc2)n1. The maximum Gasteiger partial charge on any atom is 0.269 e. The number of nitrogens with zero attached hydrogens (tertiary/aromatic N) is 3. The fourth-order valence-electron chi connectivity index (χ4n) is 3.04. The van der Waals surface area contributed by atoms with Gasteiger partial charge in [0.1, 0.15) is 5.82 Å². The third-order valence-electron chi connectivity index (χ3n) is 4.33. The van der Waals surface area contributed by atoms with Gasteiger partial charge in [-0.3, -0.25) is 14.9 Å². The molecule has 27 heavy (non-hydrogen) atoms. The number of nitrogens with one attached hydrogen (secondary N) is 1. The van der Waals surface area contributed by atoms with Gasteiger partial charge in [-0.15, -0.1) is 11.8 Å². The minimum absolute atomic E-state index is 0.00772. The summed E-state index contributed by atoms with van der Waals surface area (Å²) in [5, 5.41) is 18.0. The lowest BCUT2D eigenvalue weighted by atomic mass is 10.1. The monoisotopic (exact) mass is 380 g/mol. The molecular formula is C19H16N4O3S. The van der Waals surface area contributed by atoms with E-state index in [1.165, 1.54) is 17.7 Å². The van der Waals surface area contributed by atoms with Crippen LogP contribution in [0.2, 0.25) is 0 Å². The van der Waals surface area contributed by atoms with E-state index in [1.54, 1.807) is 34.6 Å². The van der Waals surface area contributed by atoms with Gasteiger partial charge in [-0.05, 0) is 37.1 Å². The summed E-state index contributed by atoms with van der Waals surface area (Å²) in [7, 11) is 0. The van der Waals surface area contributed by atoms with Crippen molar-refractivity contribution < 1.29 is 9.72 Å². The molecule has 7 nitrogen and oxygen atoms in total. The molecule has 1 aliphatic rings. The molecule has 1 N–H and O–H groups in total. The highest BCUT2D eigenvalue weighted by molar-refractivity contribution is 8.01. The lowest BCUT2D eigenvalue weighted by Crippen LogP contribution is -2.25. The van der Waals surface area contributed by atoms with Crippen LogP contribution in [0.15, 0.2) is 59.5 Å². The van der Waals surface area contributed by atoms with Crippen molar-refractivity contribution in [2.24, 2.45) is 0 Å².